The summed E-state index contributed by atoms with van der Waals surface area (Å²) in [6.07, 6.45) is 4.45. The molecule has 60 valence electrons. The van der Waals surface area contributed by atoms with Crippen molar-refractivity contribution in [2.24, 2.45) is 5.41 Å². The van der Waals surface area contributed by atoms with Gasteiger partial charge in [0.05, 0.1) is 0 Å². The van der Waals surface area contributed by atoms with Gasteiger partial charge in [0.2, 0.25) is 0 Å². The lowest BCUT2D eigenvalue weighted by molar-refractivity contribution is 0.396. The van der Waals surface area contributed by atoms with Gasteiger partial charge in [-0.25, -0.2) is 0 Å². The zero-order valence-electron chi connectivity index (χ0n) is 8.06. The van der Waals surface area contributed by atoms with Crippen molar-refractivity contribution in [3.8, 4) is 0 Å². The minimum atomic E-state index is 0.660. The summed E-state index contributed by atoms with van der Waals surface area (Å²) in [6, 6.07) is 0. The Balaban J connectivity index is 1.96. The first kappa shape index (κ1) is 7.76. The molecule has 2 atom stereocenters. The molecule has 0 bridgehead atoms. The molecule has 2 unspecified atom stereocenters. The Morgan fingerprint density at radius 2 is 2.18 bits per heavy atom. The predicted octanol–water partition coefficient (Wildman–Crippen LogP) is 2.50. The first-order valence-corrected chi connectivity index (χ1v) is 5.10. The van der Waals surface area contributed by atoms with Gasteiger partial charge in [-0.3, -0.25) is 0 Å². The largest absolute Gasteiger partial charge is 0.136 e. The predicted molar refractivity (Wildman–Crippen MR) is 54.1 cm³/mol. The van der Waals surface area contributed by atoms with Crippen molar-refractivity contribution >= 4 is 14.0 Å². The van der Waals surface area contributed by atoms with Gasteiger partial charge in [0.1, 0.15) is 14.0 Å². The number of hydrogen-bond acceptors (Lipinski definition) is 0. The highest BCUT2D eigenvalue weighted by Crippen LogP contribution is 2.55. The zero-order chi connectivity index (χ0) is 8.06. The molecule has 2 fully saturated rings. The van der Waals surface area contributed by atoms with Crippen molar-refractivity contribution in [2.45, 2.75) is 51.4 Å². The van der Waals surface area contributed by atoms with Gasteiger partial charge in [-0.1, -0.05) is 51.4 Å². The SMILES string of the molecule is CC1B2CCC(C)(C)CBC21. The zero-order valence-corrected chi connectivity index (χ0v) is 8.06. The molecule has 0 amide bonds. The fraction of sp³-hybridized carbons (Fsp3) is 1.00. The van der Waals surface area contributed by atoms with E-state index in [2.05, 4.69) is 20.8 Å². The maximum atomic E-state index is 2.44. The Labute approximate surface area is 71.5 Å². The average molecular weight is 148 g/mol. The van der Waals surface area contributed by atoms with E-state index < -0.39 is 0 Å². The normalized spacial score (nSPS) is 40.5. The Hall–Kier alpha value is 0.130. The lowest BCUT2D eigenvalue weighted by Gasteiger charge is -2.22. The highest BCUT2D eigenvalue weighted by atomic mass is 14.3. The topological polar surface area (TPSA) is 0 Å². The van der Waals surface area contributed by atoms with Gasteiger partial charge in [-0.05, 0) is 5.41 Å². The standard InChI is InChI=1S/C9H18B2/c1-7-8-10-6-9(2,3)4-5-11(7)8/h7-8,10H,4-6H2,1-3H3. The van der Waals surface area contributed by atoms with E-state index in [1.54, 1.807) is 0 Å². The van der Waals surface area contributed by atoms with Gasteiger partial charge >= 0.3 is 0 Å². The van der Waals surface area contributed by atoms with Crippen LogP contribution in [0, 0.1) is 5.41 Å². The first-order valence-electron chi connectivity index (χ1n) is 5.10. The van der Waals surface area contributed by atoms with Crippen LogP contribution in [0.4, 0.5) is 0 Å². The minimum absolute atomic E-state index is 0.660. The van der Waals surface area contributed by atoms with Crippen LogP contribution in [0.3, 0.4) is 0 Å². The molecule has 0 aliphatic carbocycles. The third kappa shape index (κ3) is 1.37. The smallest absolute Gasteiger partial charge is 0.0898 e. The summed E-state index contributed by atoms with van der Waals surface area (Å²) in [4.78, 5) is 0. The molecule has 2 aliphatic heterocycles. The van der Waals surface area contributed by atoms with Crippen LogP contribution in [-0.4, -0.2) is 14.0 Å². The quantitative estimate of drug-likeness (QED) is 0.462. The monoisotopic (exact) mass is 148 g/mol. The Kier molecular flexibility index (Phi) is 1.63. The summed E-state index contributed by atoms with van der Waals surface area (Å²) in [5.74, 6) is 1.08. The maximum Gasteiger partial charge on any atom is 0.136 e. The number of rotatable bonds is 0. The third-order valence-corrected chi connectivity index (χ3v) is 4.07. The summed E-state index contributed by atoms with van der Waals surface area (Å²) in [6.45, 7) is 8.43. The average Bonchev–Trinajstić information content (AvgIpc) is 2.56. The maximum absolute atomic E-state index is 2.44. The van der Waals surface area contributed by atoms with Crippen LogP contribution in [0.2, 0.25) is 24.2 Å². The number of hydrogen-bond donors (Lipinski definition) is 0. The molecule has 0 nitrogen and oxygen atoms in total. The molecule has 0 aromatic rings. The fourth-order valence-electron chi connectivity index (χ4n) is 2.83. The van der Waals surface area contributed by atoms with Gasteiger partial charge in [0.25, 0.3) is 0 Å². The van der Waals surface area contributed by atoms with Crippen molar-refractivity contribution in [2.75, 3.05) is 0 Å². The van der Waals surface area contributed by atoms with Gasteiger partial charge in [-0.15, -0.1) is 0 Å². The Bertz CT molecular complexity index is 149. The molecule has 2 saturated heterocycles. The molecule has 0 aromatic carbocycles. The van der Waals surface area contributed by atoms with E-state index in [1.807, 2.05) is 0 Å². The molecule has 2 aliphatic rings. The molecular weight excluding hydrogens is 130 g/mol. The molecule has 0 spiro atoms. The molecule has 0 saturated carbocycles. The van der Waals surface area contributed by atoms with Gasteiger partial charge in [-0.2, -0.15) is 0 Å². The lowest BCUT2D eigenvalue weighted by atomic mass is 9.53. The molecule has 2 heteroatoms. The second-order valence-corrected chi connectivity index (χ2v) is 5.43. The van der Waals surface area contributed by atoms with Crippen molar-refractivity contribution < 1.29 is 0 Å². The lowest BCUT2D eigenvalue weighted by Crippen LogP contribution is -2.12. The molecule has 11 heavy (non-hydrogen) atoms. The third-order valence-electron chi connectivity index (χ3n) is 4.07. The summed E-state index contributed by atoms with van der Waals surface area (Å²) in [7, 11) is 1.51. The van der Waals surface area contributed by atoms with Crippen LogP contribution in [0.1, 0.15) is 27.2 Å². The second kappa shape index (κ2) is 2.31. The van der Waals surface area contributed by atoms with Gasteiger partial charge in [0.15, 0.2) is 0 Å². The second-order valence-electron chi connectivity index (χ2n) is 5.43. The van der Waals surface area contributed by atoms with Crippen molar-refractivity contribution in [1.29, 1.82) is 0 Å². The molecule has 0 aromatic heterocycles. The molecule has 2 rings (SSSR count). The van der Waals surface area contributed by atoms with E-state index in [-0.39, 0.29) is 0 Å². The van der Waals surface area contributed by atoms with Crippen LogP contribution < -0.4 is 0 Å². The highest BCUT2D eigenvalue weighted by Gasteiger charge is 2.51. The van der Waals surface area contributed by atoms with Crippen molar-refractivity contribution in [3.63, 3.8) is 0 Å². The summed E-state index contributed by atoms with van der Waals surface area (Å²) in [5, 5.41) is 0. The molecule has 0 N–H and O–H groups in total. The minimum Gasteiger partial charge on any atom is -0.0898 e. The van der Waals surface area contributed by atoms with Crippen molar-refractivity contribution in [3.05, 3.63) is 0 Å². The summed E-state index contributed by atoms with van der Waals surface area (Å²) < 4.78 is 0. The van der Waals surface area contributed by atoms with E-state index in [0.29, 0.717) is 5.41 Å². The molecule has 2 heterocycles. The van der Waals surface area contributed by atoms with E-state index in [0.717, 1.165) is 18.2 Å². The van der Waals surface area contributed by atoms with Gasteiger partial charge < -0.3 is 0 Å². The van der Waals surface area contributed by atoms with Crippen LogP contribution in [-0.2, 0) is 0 Å². The van der Waals surface area contributed by atoms with E-state index >= 15 is 0 Å². The van der Waals surface area contributed by atoms with Crippen LogP contribution in [0.15, 0.2) is 0 Å². The Morgan fingerprint density at radius 1 is 1.45 bits per heavy atom. The Morgan fingerprint density at radius 3 is 2.91 bits per heavy atom. The van der Waals surface area contributed by atoms with Gasteiger partial charge in [0, 0.05) is 0 Å². The van der Waals surface area contributed by atoms with E-state index in [1.165, 1.54) is 26.3 Å². The first-order chi connectivity index (χ1) is 5.10. The van der Waals surface area contributed by atoms with Crippen LogP contribution >= 0.6 is 0 Å². The van der Waals surface area contributed by atoms with E-state index in [4.69, 9.17) is 0 Å². The molecule has 0 radical (unpaired) electrons. The van der Waals surface area contributed by atoms with Crippen LogP contribution in [0.5, 0.6) is 0 Å². The summed E-state index contributed by atoms with van der Waals surface area (Å²) >= 11 is 0. The van der Waals surface area contributed by atoms with Crippen LogP contribution in [0.25, 0.3) is 0 Å². The summed E-state index contributed by atoms with van der Waals surface area (Å²) in [5.41, 5.74) is 1.78. The number of fused-ring (bicyclic) bond motifs is 1. The fourth-order valence-corrected chi connectivity index (χ4v) is 2.83. The highest BCUT2D eigenvalue weighted by molar-refractivity contribution is 6.85. The van der Waals surface area contributed by atoms with Crippen molar-refractivity contribution in [1.82, 2.24) is 0 Å². The molecular formula is C9H18B2. The van der Waals surface area contributed by atoms with E-state index in [9.17, 15) is 0 Å².